The molecule has 66 valence electrons. The van der Waals surface area contributed by atoms with Gasteiger partial charge in [-0.2, -0.15) is 0 Å². The largest absolute Gasteiger partial charge is 0.391 e. The molecule has 3 heteroatoms. The van der Waals surface area contributed by atoms with Crippen molar-refractivity contribution >= 4 is 18.9 Å². The Morgan fingerprint density at radius 2 is 2.09 bits per heavy atom. The smallest absolute Gasteiger partial charge is 0.342 e. The maximum absolute atomic E-state index is 10.3. The van der Waals surface area contributed by atoms with Gasteiger partial charge in [0, 0.05) is 19.0 Å². The highest BCUT2D eigenvalue weighted by molar-refractivity contribution is 7.75. The van der Waals surface area contributed by atoms with Crippen LogP contribution >= 0.6 is 12.9 Å². The summed E-state index contributed by atoms with van der Waals surface area (Å²) in [6.45, 7) is 6.04. The minimum atomic E-state index is -0.410. The first-order chi connectivity index (χ1) is 5.31. The zero-order chi connectivity index (χ0) is 9.11. The van der Waals surface area contributed by atoms with E-state index in [0.717, 1.165) is 12.8 Å². The molecule has 0 spiro atoms. The van der Waals surface area contributed by atoms with Crippen molar-refractivity contribution < 1.29 is 8.98 Å². The van der Waals surface area contributed by atoms with E-state index >= 15 is 0 Å². The molecule has 0 heterocycles. The topological polar surface area (TPSA) is 26.3 Å². The summed E-state index contributed by atoms with van der Waals surface area (Å²) in [5.74, 6) is -0.410. The van der Waals surface area contributed by atoms with E-state index < -0.39 is 5.97 Å². The molecule has 0 atom stereocenters. The van der Waals surface area contributed by atoms with Gasteiger partial charge >= 0.3 is 5.97 Å². The lowest BCUT2D eigenvalue weighted by Crippen LogP contribution is -1.88. The number of hydrogen-bond donors (Lipinski definition) is 1. The first-order valence-corrected chi connectivity index (χ1v) is 4.19. The van der Waals surface area contributed by atoms with Gasteiger partial charge in [0.15, 0.2) is 0 Å². The predicted molar refractivity (Wildman–Crippen MR) is 50.5 cm³/mol. The second-order valence-corrected chi connectivity index (χ2v) is 1.78. The van der Waals surface area contributed by atoms with Gasteiger partial charge in [0.25, 0.3) is 0 Å². The Labute approximate surface area is 74.2 Å². The zero-order valence-electron chi connectivity index (χ0n) is 7.33. The van der Waals surface area contributed by atoms with Crippen LogP contribution in [0.3, 0.4) is 0 Å². The Morgan fingerprint density at radius 1 is 1.55 bits per heavy atom. The van der Waals surface area contributed by atoms with Crippen molar-refractivity contribution in [2.24, 2.45) is 0 Å². The molecule has 0 aromatic rings. The monoisotopic (exact) mass is 176 g/mol. The van der Waals surface area contributed by atoms with E-state index in [0.29, 0.717) is 0 Å². The van der Waals surface area contributed by atoms with Crippen LogP contribution in [0.25, 0.3) is 0 Å². The molecular formula is C8H16O2S. The van der Waals surface area contributed by atoms with Gasteiger partial charge in [-0.3, -0.25) is 0 Å². The minimum absolute atomic E-state index is 0.410. The number of unbranched alkanes of at least 4 members (excludes halogenated alkanes) is 1. The molecule has 0 radical (unpaired) electrons. The first kappa shape index (κ1) is 13.2. The van der Waals surface area contributed by atoms with Crippen LogP contribution in [0.15, 0.2) is 12.2 Å². The van der Waals surface area contributed by atoms with Gasteiger partial charge in [-0.25, -0.2) is 4.79 Å². The van der Waals surface area contributed by atoms with Crippen LogP contribution in [-0.4, -0.2) is 5.97 Å². The molecule has 0 aromatic carbocycles. The van der Waals surface area contributed by atoms with Crippen molar-refractivity contribution in [2.45, 2.75) is 33.6 Å². The van der Waals surface area contributed by atoms with E-state index in [9.17, 15) is 4.79 Å². The van der Waals surface area contributed by atoms with Gasteiger partial charge in [-0.05, 0) is 6.42 Å². The van der Waals surface area contributed by atoms with Gasteiger partial charge in [-0.15, -0.1) is 0 Å². The summed E-state index contributed by atoms with van der Waals surface area (Å²) in [6.07, 6.45) is 5.08. The van der Waals surface area contributed by atoms with Crippen LogP contribution < -0.4 is 0 Å². The minimum Gasteiger partial charge on any atom is -0.391 e. The summed E-state index contributed by atoms with van der Waals surface area (Å²) in [4.78, 5) is 10.3. The molecule has 0 aliphatic carbocycles. The van der Waals surface area contributed by atoms with Crippen molar-refractivity contribution in [3.63, 3.8) is 0 Å². The number of allylic oxidation sites excluding steroid dienone is 1. The molecule has 0 rings (SSSR count). The molecule has 0 fully saturated rings. The van der Waals surface area contributed by atoms with Crippen LogP contribution in [0.2, 0.25) is 0 Å². The van der Waals surface area contributed by atoms with Crippen molar-refractivity contribution in [1.29, 1.82) is 0 Å². The predicted octanol–water partition coefficient (Wildman–Crippen LogP) is 2.76. The van der Waals surface area contributed by atoms with Gasteiger partial charge in [0.1, 0.15) is 0 Å². The van der Waals surface area contributed by atoms with E-state index in [-0.39, 0.29) is 0 Å². The maximum Gasteiger partial charge on any atom is 0.342 e. The van der Waals surface area contributed by atoms with Crippen LogP contribution in [0.1, 0.15) is 33.6 Å². The number of carbonyl (C=O) groups excluding carboxylic acids is 1. The van der Waals surface area contributed by atoms with E-state index in [4.69, 9.17) is 0 Å². The summed E-state index contributed by atoms with van der Waals surface area (Å²) in [7, 11) is 0. The summed E-state index contributed by atoms with van der Waals surface area (Å²) in [5.41, 5.74) is 0. The highest BCUT2D eigenvalue weighted by atomic mass is 32.1. The summed E-state index contributed by atoms with van der Waals surface area (Å²) >= 11 is 3.32. The fraction of sp³-hybridized carbons (Fsp3) is 0.625. The lowest BCUT2D eigenvalue weighted by molar-refractivity contribution is -0.127. The molecule has 0 aliphatic rings. The lowest BCUT2D eigenvalue weighted by atomic mass is 10.3. The molecule has 0 saturated carbocycles. The molecule has 11 heavy (non-hydrogen) atoms. The third-order valence-electron chi connectivity index (χ3n) is 0.799. The highest BCUT2D eigenvalue weighted by Crippen LogP contribution is 1.90. The fourth-order valence-corrected chi connectivity index (χ4v) is 0.438. The normalized spacial score (nSPS) is 8.73. The summed E-state index contributed by atoms with van der Waals surface area (Å²) < 4.78 is 4.07. The summed E-state index contributed by atoms with van der Waals surface area (Å²) in [5, 5.41) is 0. The average Bonchev–Trinajstić information content (AvgIpc) is 2.08. The molecule has 0 bridgehead atoms. The van der Waals surface area contributed by atoms with Crippen LogP contribution in [0.4, 0.5) is 0 Å². The number of thiol groups is 1. The van der Waals surface area contributed by atoms with Crippen molar-refractivity contribution in [1.82, 2.24) is 0 Å². The van der Waals surface area contributed by atoms with Crippen molar-refractivity contribution in [3.8, 4) is 0 Å². The average molecular weight is 176 g/mol. The molecule has 0 saturated heterocycles. The standard InChI is InChI=1S/C6H10O2S.C2H6/c1-2-3-4-5-6(7)8-9;1-2/h4-5,9H,2-3H2,1H3;1-2H3. The van der Waals surface area contributed by atoms with Gasteiger partial charge in [0.05, 0.1) is 0 Å². The number of carbonyl (C=O) groups is 1. The molecule has 0 amide bonds. The molecule has 0 aromatic heterocycles. The third-order valence-corrected chi connectivity index (χ3v) is 0.979. The Hall–Kier alpha value is -0.440. The van der Waals surface area contributed by atoms with Crippen LogP contribution in [0, 0.1) is 0 Å². The Kier molecular flexibility index (Phi) is 14.7. The molecule has 0 unspecified atom stereocenters. The van der Waals surface area contributed by atoms with E-state index in [1.807, 2.05) is 20.8 Å². The van der Waals surface area contributed by atoms with Gasteiger partial charge < -0.3 is 4.18 Å². The quantitative estimate of drug-likeness (QED) is 0.406. The van der Waals surface area contributed by atoms with E-state index in [1.54, 1.807) is 6.08 Å². The second kappa shape index (κ2) is 12.3. The Bertz CT molecular complexity index is 111. The van der Waals surface area contributed by atoms with Gasteiger partial charge in [0.2, 0.25) is 0 Å². The van der Waals surface area contributed by atoms with Crippen molar-refractivity contribution in [2.75, 3.05) is 0 Å². The third kappa shape index (κ3) is 12.7. The zero-order valence-corrected chi connectivity index (χ0v) is 8.23. The number of rotatable bonds is 3. The van der Waals surface area contributed by atoms with Crippen LogP contribution in [0.5, 0.6) is 0 Å². The fourth-order valence-electron chi connectivity index (χ4n) is 0.377. The Morgan fingerprint density at radius 3 is 2.45 bits per heavy atom. The second-order valence-electron chi connectivity index (χ2n) is 1.60. The van der Waals surface area contributed by atoms with Crippen molar-refractivity contribution in [3.05, 3.63) is 12.2 Å². The van der Waals surface area contributed by atoms with E-state index in [1.165, 1.54) is 6.08 Å². The number of hydrogen-bond acceptors (Lipinski definition) is 3. The first-order valence-electron chi connectivity index (χ1n) is 3.83. The van der Waals surface area contributed by atoms with Crippen LogP contribution in [-0.2, 0) is 8.98 Å². The lowest BCUT2D eigenvalue weighted by Gasteiger charge is -1.85. The Balaban J connectivity index is 0. The van der Waals surface area contributed by atoms with Gasteiger partial charge in [-0.1, -0.05) is 33.3 Å². The summed E-state index contributed by atoms with van der Waals surface area (Å²) in [6, 6.07) is 0. The highest BCUT2D eigenvalue weighted by Gasteiger charge is 1.88. The SMILES string of the molecule is CC.CCCC=CC(=O)OS. The molecule has 0 N–H and O–H groups in total. The molecule has 2 nitrogen and oxygen atoms in total. The molecule has 0 aliphatic heterocycles. The van der Waals surface area contributed by atoms with E-state index in [2.05, 4.69) is 17.1 Å². The molecular weight excluding hydrogens is 160 g/mol. The maximum atomic E-state index is 10.3.